The molecule has 0 fully saturated rings. The number of hydrogen-bond acceptors (Lipinski definition) is 3. The lowest BCUT2D eigenvalue weighted by Gasteiger charge is -2.20. The lowest BCUT2D eigenvalue weighted by molar-refractivity contribution is -0.137. The van der Waals surface area contributed by atoms with Crippen LogP contribution in [-0.2, 0) is 14.3 Å². The van der Waals surface area contributed by atoms with Gasteiger partial charge in [-0.3, -0.25) is 14.5 Å². The Bertz CT molecular complexity index is 404. The van der Waals surface area contributed by atoms with E-state index in [1.807, 2.05) is 0 Å². The van der Waals surface area contributed by atoms with Crippen LogP contribution in [0.4, 0.5) is 5.69 Å². The molecule has 92 valence electrons. The molecule has 0 aliphatic carbocycles. The van der Waals surface area contributed by atoms with Gasteiger partial charge >= 0.3 is 5.97 Å². The van der Waals surface area contributed by atoms with Crippen molar-refractivity contribution in [1.29, 1.82) is 0 Å². The van der Waals surface area contributed by atoms with Crippen molar-refractivity contribution in [3.05, 3.63) is 29.3 Å². The van der Waals surface area contributed by atoms with Crippen LogP contribution < -0.4 is 4.90 Å². The maximum absolute atomic E-state index is 11.7. The van der Waals surface area contributed by atoms with Crippen LogP contribution in [0.25, 0.3) is 0 Å². The normalized spacial score (nSPS) is 10.0. The minimum Gasteiger partial charge on any atom is -0.480 e. The number of amides is 1. The Balaban J connectivity index is 2.92. The average Bonchev–Trinajstić information content (AvgIpc) is 2.27. The van der Waals surface area contributed by atoms with Gasteiger partial charge in [0.25, 0.3) is 5.91 Å². The molecule has 0 saturated carbocycles. The van der Waals surface area contributed by atoms with Crippen molar-refractivity contribution in [2.24, 2.45) is 0 Å². The first kappa shape index (κ1) is 13.5. The van der Waals surface area contributed by atoms with E-state index in [0.29, 0.717) is 10.7 Å². The molecule has 1 amide bonds. The Morgan fingerprint density at radius 3 is 2.41 bits per heavy atom. The van der Waals surface area contributed by atoms with Gasteiger partial charge in [-0.15, -0.1) is 0 Å². The number of aliphatic carboxylic acids is 1. The van der Waals surface area contributed by atoms with Crippen LogP contribution in [0.3, 0.4) is 0 Å². The minimum atomic E-state index is -1.09. The van der Waals surface area contributed by atoms with Crippen LogP contribution in [0.15, 0.2) is 24.3 Å². The quantitative estimate of drug-likeness (QED) is 0.866. The number of nitrogens with zero attached hydrogens (tertiary/aromatic N) is 1. The van der Waals surface area contributed by atoms with Gasteiger partial charge in [-0.25, -0.2) is 0 Å². The molecule has 1 aromatic carbocycles. The Morgan fingerprint density at radius 2 is 1.94 bits per heavy atom. The molecular formula is C11H12ClNO4. The lowest BCUT2D eigenvalue weighted by Crippen LogP contribution is -2.37. The second-order valence-corrected chi connectivity index (χ2v) is 3.72. The highest BCUT2D eigenvalue weighted by atomic mass is 35.5. The highest BCUT2D eigenvalue weighted by Gasteiger charge is 2.18. The second kappa shape index (κ2) is 6.22. The van der Waals surface area contributed by atoms with Crippen molar-refractivity contribution in [2.75, 3.05) is 25.2 Å². The van der Waals surface area contributed by atoms with Crippen LogP contribution in [-0.4, -0.2) is 37.2 Å². The first-order chi connectivity index (χ1) is 8.04. The first-order valence-corrected chi connectivity index (χ1v) is 5.19. The predicted molar refractivity (Wildman–Crippen MR) is 63.3 cm³/mol. The van der Waals surface area contributed by atoms with E-state index in [1.54, 1.807) is 24.3 Å². The molecule has 0 aliphatic rings. The molecule has 0 saturated heterocycles. The SMILES string of the molecule is COCC(=O)N(CC(=O)O)c1ccc(Cl)cc1. The van der Waals surface area contributed by atoms with Crippen LogP contribution in [0, 0.1) is 0 Å². The van der Waals surface area contributed by atoms with E-state index < -0.39 is 18.4 Å². The second-order valence-electron chi connectivity index (χ2n) is 3.28. The van der Waals surface area contributed by atoms with Gasteiger partial charge in [-0.2, -0.15) is 0 Å². The molecule has 0 atom stereocenters. The van der Waals surface area contributed by atoms with Gasteiger partial charge in [-0.1, -0.05) is 11.6 Å². The summed E-state index contributed by atoms with van der Waals surface area (Å²) in [7, 11) is 1.37. The smallest absolute Gasteiger partial charge is 0.323 e. The molecule has 0 heterocycles. The van der Waals surface area contributed by atoms with Crippen molar-refractivity contribution < 1.29 is 19.4 Å². The third kappa shape index (κ3) is 4.05. The number of ether oxygens (including phenoxy) is 1. The molecular weight excluding hydrogens is 246 g/mol. The van der Waals surface area contributed by atoms with E-state index in [9.17, 15) is 9.59 Å². The van der Waals surface area contributed by atoms with Gasteiger partial charge in [-0.05, 0) is 24.3 Å². The molecule has 0 aliphatic heterocycles. The van der Waals surface area contributed by atoms with Gasteiger partial charge in [0, 0.05) is 17.8 Å². The number of halogens is 1. The number of rotatable bonds is 5. The number of carboxylic acid groups (broad SMARTS) is 1. The number of benzene rings is 1. The van der Waals surface area contributed by atoms with E-state index in [-0.39, 0.29) is 6.61 Å². The number of carbonyl (C=O) groups excluding carboxylic acids is 1. The van der Waals surface area contributed by atoms with E-state index in [2.05, 4.69) is 0 Å². The van der Waals surface area contributed by atoms with Crippen LogP contribution in [0.2, 0.25) is 5.02 Å². The summed E-state index contributed by atoms with van der Waals surface area (Å²) in [6, 6.07) is 6.34. The molecule has 1 rings (SSSR count). The topological polar surface area (TPSA) is 66.8 Å². The van der Waals surface area contributed by atoms with Gasteiger partial charge in [0.15, 0.2) is 0 Å². The van der Waals surface area contributed by atoms with Gasteiger partial charge in [0.2, 0.25) is 0 Å². The predicted octanol–water partition coefficient (Wildman–Crippen LogP) is 1.40. The molecule has 0 unspecified atom stereocenters. The summed E-state index contributed by atoms with van der Waals surface area (Å²) in [5.74, 6) is -1.51. The van der Waals surface area contributed by atoms with Gasteiger partial charge < -0.3 is 9.84 Å². The fourth-order valence-corrected chi connectivity index (χ4v) is 1.41. The van der Waals surface area contributed by atoms with E-state index in [4.69, 9.17) is 21.4 Å². The third-order valence-corrected chi connectivity index (χ3v) is 2.25. The van der Waals surface area contributed by atoms with Crippen molar-refractivity contribution in [1.82, 2.24) is 0 Å². The van der Waals surface area contributed by atoms with E-state index in [0.717, 1.165) is 4.90 Å². The minimum absolute atomic E-state index is 0.171. The number of carbonyl (C=O) groups is 2. The summed E-state index contributed by atoms with van der Waals surface area (Å²) in [5, 5.41) is 9.27. The highest BCUT2D eigenvalue weighted by Crippen LogP contribution is 2.18. The van der Waals surface area contributed by atoms with Crippen molar-refractivity contribution >= 4 is 29.2 Å². The standard InChI is InChI=1S/C11H12ClNO4/c1-17-7-10(14)13(6-11(15)16)9-4-2-8(12)3-5-9/h2-5H,6-7H2,1H3,(H,15,16). The molecule has 1 N–H and O–H groups in total. The average molecular weight is 258 g/mol. The Labute approximate surface area is 104 Å². The first-order valence-electron chi connectivity index (χ1n) is 4.81. The fourth-order valence-electron chi connectivity index (χ4n) is 1.28. The molecule has 0 spiro atoms. The Morgan fingerprint density at radius 1 is 1.35 bits per heavy atom. The summed E-state index contributed by atoms with van der Waals surface area (Å²) in [4.78, 5) is 23.5. The maximum Gasteiger partial charge on any atom is 0.323 e. The zero-order chi connectivity index (χ0) is 12.8. The summed E-state index contributed by atoms with van der Waals surface area (Å²) < 4.78 is 4.70. The molecule has 6 heteroatoms. The summed E-state index contributed by atoms with van der Waals surface area (Å²) in [6.07, 6.45) is 0. The van der Waals surface area contributed by atoms with Crippen LogP contribution in [0.5, 0.6) is 0 Å². The van der Waals surface area contributed by atoms with Crippen molar-refractivity contribution in [3.8, 4) is 0 Å². The summed E-state index contributed by atoms with van der Waals surface area (Å²) >= 11 is 5.72. The summed E-state index contributed by atoms with van der Waals surface area (Å²) in [6.45, 7) is -0.584. The van der Waals surface area contributed by atoms with Crippen LogP contribution in [0.1, 0.15) is 0 Å². The monoisotopic (exact) mass is 257 g/mol. The maximum atomic E-state index is 11.7. The zero-order valence-electron chi connectivity index (χ0n) is 9.22. The summed E-state index contributed by atoms with van der Waals surface area (Å²) in [5.41, 5.74) is 0.471. The molecule has 0 aromatic heterocycles. The molecule has 0 radical (unpaired) electrons. The highest BCUT2D eigenvalue weighted by molar-refractivity contribution is 6.30. The lowest BCUT2D eigenvalue weighted by atomic mass is 10.3. The molecule has 5 nitrogen and oxygen atoms in total. The Kier molecular flexibility index (Phi) is 4.93. The molecule has 1 aromatic rings. The number of carboxylic acids is 1. The van der Waals surface area contributed by atoms with Crippen molar-refractivity contribution in [3.63, 3.8) is 0 Å². The largest absolute Gasteiger partial charge is 0.480 e. The van der Waals surface area contributed by atoms with Crippen molar-refractivity contribution in [2.45, 2.75) is 0 Å². The van der Waals surface area contributed by atoms with Gasteiger partial charge in [0.1, 0.15) is 13.2 Å². The van der Waals surface area contributed by atoms with Gasteiger partial charge in [0.05, 0.1) is 0 Å². The van der Waals surface area contributed by atoms with E-state index >= 15 is 0 Å². The fraction of sp³-hybridized carbons (Fsp3) is 0.273. The molecule has 0 bridgehead atoms. The third-order valence-electron chi connectivity index (χ3n) is 2.00. The number of hydrogen-bond donors (Lipinski definition) is 1. The van der Waals surface area contributed by atoms with Crippen LogP contribution >= 0.6 is 11.6 Å². The molecule has 17 heavy (non-hydrogen) atoms. The zero-order valence-corrected chi connectivity index (χ0v) is 9.98. The number of methoxy groups -OCH3 is 1. The Hall–Kier alpha value is -1.59. The number of anilines is 1. The van der Waals surface area contributed by atoms with E-state index in [1.165, 1.54) is 7.11 Å².